The van der Waals surface area contributed by atoms with Gasteiger partial charge in [-0.1, -0.05) is 18.2 Å². The van der Waals surface area contributed by atoms with Crippen molar-refractivity contribution in [3.63, 3.8) is 0 Å². The van der Waals surface area contributed by atoms with Crippen molar-refractivity contribution >= 4 is 23.2 Å². The molecule has 2 heterocycles. The van der Waals surface area contributed by atoms with Crippen LogP contribution in [0.1, 0.15) is 38.4 Å². The van der Waals surface area contributed by atoms with Crippen molar-refractivity contribution in [3.8, 4) is 0 Å². The highest BCUT2D eigenvalue weighted by atomic mass is 32.1. The molecule has 1 aromatic heterocycles. The van der Waals surface area contributed by atoms with E-state index in [0.29, 0.717) is 11.4 Å². The summed E-state index contributed by atoms with van der Waals surface area (Å²) >= 11 is 1.42. The van der Waals surface area contributed by atoms with Crippen molar-refractivity contribution in [2.45, 2.75) is 19.4 Å². The third-order valence-corrected chi connectivity index (χ3v) is 4.66. The Hall–Kier alpha value is -2.14. The Morgan fingerprint density at radius 3 is 2.45 bits per heavy atom. The Morgan fingerprint density at radius 2 is 1.82 bits per heavy atom. The lowest BCUT2D eigenvalue weighted by molar-refractivity contribution is 0.0792. The van der Waals surface area contributed by atoms with Crippen LogP contribution in [0.4, 0.5) is 0 Å². The zero-order valence-corrected chi connectivity index (χ0v) is 13.1. The quantitative estimate of drug-likeness (QED) is 0.943. The maximum absolute atomic E-state index is 12.2. The van der Waals surface area contributed by atoms with Gasteiger partial charge >= 0.3 is 0 Å². The van der Waals surface area contributed by atoms with Crippen LogP contribution in [0.3, 0.4) is 0 Å². The molecule has 0 spiro atoms. The van der Waals surface area contributed by atoms with Crippen LogP contribution < -0.4 is 5.32 Å². The minimum atomic E-state index is -0.0628. The molecule has 0 aliphatic carbocycles. The summed E-state index contributed by atoms with van der Waals surface area (Å²) in [7, 11) is 0. The first-order valence-corrected chi connectivity index (χ1v) is 8.32. The normalized spacial score (nSPS) is 14.1. The number of benzene rings is 1. The lowest BCUT2D eigenvalue weighted by atomic mass is 10.1. The van der Waals surface area contributed by atoms with E-state index in [0.717, 1.165) is 37.1 Å². The van der Waals surface area contributed by atoms with Gasteiger partial charge in [0, 0.05) is 25.2 Å². The number of carbonyl (C=O) groups excluding carboxylic acids is 2. The van der Waals surface area contributed by atoms with Gasteiger partial charge in [-0.15, -0.1) is 11.3 Å². The summed E-state index contributed by atoms with van der Waals surface area (Å²) in [6.45, 7) is 2.18. The first kappa shape index (κ1) is 14.8. The molecule has 1 saturated heterocycles. The van der Waals surface area contributed by atoms with Crippen LogP contribution in [0.25, 0.3) is 0 Å². The van der Waals surface area contributed by atoms with Crippen LogP contribution in [0.2, 0.25) is 0 Å². The standard InChI is InChI=1S/C17H18N2O2S/c20-16(15-4-3-11-22-15)18-12-13-5-7-14(8-6-13)17(21)19-9-1-2-10-19/h3-8,11H,1-2,9-10,12H2,(H,18,20). The summed E-state index contributed by atoms with van der Waals surface area (Å²) < 4.78 is 0. The number of amides is 2. The molecule has 0 atom stereocenters. The fourth-order valence-corrected chi connectivity index (χ4v) is 3.19. The molecule has 0 saturated carbocycles. The number of likely N-dealkylation sites (tertiary alicyclic amines) is 1. The summed E-state index contributed by atoms with van der Waals surface area (Å²) in [6.07, 6.45) is 2.19. The second kappa shape index (κ2) is 6.75. The van der Waals surface area contributed by atoms with Crippen molar-refractivity contribution in [1.29, 1.82) is 0 Å². The van der Waals surface area contributed by atoms with Gasteiger partial charge in [0.25, 0.3) is 11.8 Å². The number of nitrogens with zero attached hydrogens (tertiary/aromatic N) is 1. The molecule has 2 aromatic rings. The van der Waals surface area contributed by atoms with E-state index in [1.165, 1.54) is 11.3 Å². The fraction of sp³-hybridized carbons (Fsp3) is 0.294. The number of hydrogen-bond donors (Lipinski definition) is 1. The van der Waals surface area contributed by atoms with Gasteiger partial charge in [0.2, 0.25) is 0 Å². The molecule has 1 aliphatic rings. The molecule has 5 heteroatoms. The van der Waals surface area contributed by atoms with E-state index in [1.807, 2.05) is 40.6 Å². The first-order chi connectivity index (χ1) is 10.7. The minimum absolute atomic E-state index is 0.0628. The van der Waals surface area contributed by atoms with E-state index in [9.17, 15) is 9.59 Å². The van der Waals surface area contributed by atoms with Gasteiger partial charge in [-0.05, 0) is 42.0 Å². The zero-order valence-electron chi connectivity index (χ0n) is 12.2. The van der Waals surface area contributed by atoms with Crippen LogP contribution in [0.15, 0.2) is 41.8 Å². The Bertz CT molecular complexity index is 644. The molecule has 4 nitrogen and oxygen atoms in total. The summed E-state index contributed by atoms with van der Waals surface area (Å²) in [5, 5.41) is 4.76. The molecule has 1 aromatic carbocycles. The second-order valence-electron chi connectivity index (χ2n) is 5.36. The van der Waals surface area contributed by atoms with Gasteiger partial charge in [0.15, 0.2) is 0 Å². The van der Waals surface area contributed by atoms with Gasteiger partial charge in [-0.25, -0.2) is 0 Å². The number of hydrogen-bond acceptors (Lipinski definition) is 3. The number of thiophene rings is 1. The molecule has 1 N–H and O–H groups in total. The minimum Gasteiger partial charge on any atom is -0.347 e. The smallest absolute Gasteiger partial charge is 0.261 e. The van der Waals surface area contributed by atoms with Crippen molar-refractivity contribution < 1.29 is 9.59 Å². The summed E-state index contributed by atoms with van der Waals surface area (Å²) in [5.74, 6) is 0.0406. The number of nitrogens with one attached hydrogen (secondary N) is 1. The molecule has 3 rings (SSSR count). The third kappa shape index (κ3) is 3.36. The van der Waals surface area contributed by atoms with Crippen LogP contribution in [-0.4, -0.2) is 29.8 Å². The number of rotatable bonds is 4. The summed E-state index contributed by atoms with van der Waals surface area (Å²) in [4.78, 5) is 26.7. The third-order valence-electron chi connectivity index (χ3n) is 3.79. The molecular weight excluding hydrogens is 296 g/mol. The second-order valence-corrected chi connectivity index (χ2v) is 6.30. The Kier molecular flexibility index (Phi) is 4.53. The molecular formula is C17H18N2O2S. The fourth-order valence-electron chi connectivity index (χ4n) is 2.55. The average Bonchev–Trinajstić information content (AvgIpc) is 3.25. The maximum Gasteiger partial charge on any atom is 0.261 e. The first-order valence-electron chi connectivity index (χ1n) is 7.44. The molecule has 1 fully saturated rings. The number of carbonyl (C=O) groups is 2. The van der Waals surface area contributed by atoms with Gasteiger partial charge in [-0.3, -0.25) is 9.59 Å². The average molecular weight is 314 g/mol. The zero-order chi connectivity index (χ0) is 15.4. The SMILES string of the molecule is O=C(NCc1ccc(C(=O)N2CCCC2)cc1)c1cccs1. The molecule has 0 radical (unpaired) electrons. The molecule has 114 valence electrons. The monoisotopic (exact) mass is 314 g/mol. The lowest BCUT2D eigenvalue weighted by Gasteiger charge is -2.15. The van der Waals surface area contributed by atoms with Crippen LogP contribution >= 0.6 is 11.3 Å². The Morgan fingerprint density at radius 1 is 1.09 bits per heavy atom. The van der Waals surface area contributed by atoms with Crippen molar-refractivity contribution in [2.75, 3.05) is 13.1 Å². The summed E-state index contributed by atoms with van der Waals surface area (Å²) in [6, 6.07) is 11.1. The predicted molar refractivity (Wildman–Crippen MR) is 87.1 cm³/mol. The Balaban J connectivity index is 1.57. The highest BCUT2D eigenvalue weighted by Crippen LogP contribution is 2.14. The van der Waals surface area contributed by atoms with Crippen molar-refractivity contribution in [3.05, 3.63) is 57.8 Å². The molecule has 0 unspecified atom stereocenters. The van der Waals surface area contributed by atoms with Gasteiger partial charge < -0.3 is 10.2 Å². The topological polar surface area (TPSA) is 49.4 Å². The van der Waals surface area contributed by atoms with Crippen LogP contribution in [0, 0.1) is 0 Å². The van der Waals surface area contributed by atoms with Gasteiger partial charge in [0.1, 0.15) is 0 Å². The van der Waals surface area contributed by atoms with E-state index < -0.39 is 0 Å². The van der Waals surface area contributed by atoms with Crippen LogP contribution in [0.5, 0.6) is 0 Å². The molecule has 22 heavy (non-hydrogen) atoms. The van der Waals surface area contributed by atoms with Crippen LogP contribution in [-0.2, 0) is 6.54 Å². The molecule has 0 bridgehead atoms. The highest BCUT2D eigenvalue weighted by Gasteiger charge is 2.19. The van der Waals surface area contributed by atoms with E-state index in [1.54, 1.807) is 6.07 Å². The maximum atomic E-state index is 12.2. The van der Waals surface area contributed by atoms with E-state index in [4.69, 9.17) is 0 Å². The molecule has 1 aliphatic heterocycles. The highest BCUT2D eigenvalue weighted by molar-refractivity contribution is 7.12. The lowest BCUT2D eigenvalue weighted by Crippen LogP contribution is -2.27. The summed E-state index contributed by atoms with van der Waals surface area (Å²) in [5.41, 5.74) is 1.71. The largest absolute Gasteiger partial charge is 0.347 e. The van der Waals surface area contributed by atoms with Crippen molar-refractivity contribution in [2.24, 2.45) is 0 Å². The molecule has 2 amide bonds. The van der Waals surface area contributed by atoms with Gasteiger partial charge in [-0.2, -0.15) is 0 Å². The Labute approximate surface area is 133 Å². The van der Waals surface area contributed by atoms with E-state index >= 15 is 0 Å². The van der Waals surface area contributed by atoms with Gasteiger partial charge in [0.05, 0.1) is 4.88 Å². The van der Waals surface area contributed by atoms with E-state index in [-0.39, 0.29) is 11.8 Å². The predicted octanol–water partition coefficient (Wildman–Crippen LogP) is 2.91. The van der Waals surface area contributed by atoms with Crippen molar-refractivity contribution in [1.82, 2.24) is 10.2 Å². The van der Waals surface area contributed by atoms with E-state index in [2.05, 4.69) is 5.32 Å².